The molecule has 1 rings (SSSR count). The maximum Gasteiger partial charge on any atom is 0.151 e. The third-order valence-electron chi connectivity index (χ3n) is 2.37. The van der Waals surface area contributed by atoms with Crippen molar-refractivity contribution in [1.82, 2.24) is 4.98 Å². The monoisotopic (exact) mass is 259 g/mol. The number of halogens is 1. The van der Waals surface area contributed by atoms with Crippen LogP contribution in [0.25, 0.3) is 0 Å². The van der Waals surface area contributed by atoms with Crippen molar-refractivity contribution >= 4 is 23.1 Å². The van der Waals surface area contributed by atoms with Crippen molar-refractivity contribution in [3.63, 3.8) is 0 Å². The van der Waals surface area contributed by atoms with E-state index in [0.29, 0.717) is 36.2 Å². The molecule has 0 aliphatic rings. The number of anilines is 2. The quantitative estimate of drug-likeness (QED) is 0.675. The minimum Gasteiger partial charge on any atom is -0.396 e. The zero-order valence-electron chi connectivity index (χ0n) is 10.0. The molecular weight excluding hydrogens is 242 g/mol. The molecular formula is C11H18ClN3O2. The molecule has 0 aromatic carbocycles. The second kappa shape index (κ2) is 6.05. The van der Waals surface area contributed by atoms with Gasteiger partial charge in [-0.15, -0.1) is 0 Å². The Bertz CT molecular complexity index is 372. The summed E-state index contributed by atoms with van der Waals surface area (Å²) in [6.45, 7) is 2.54. The number of ether oxygens (including phenoxy) is 1. The van der Waals surface area contributed by atoms with Crippen LogP contribution in [-0.2, 0) is 4.74 Å². The predicted octanol–water partition coefficient (Wildman–Crippen LogP) is 1.52. The molecule has 0 saturated heterocycles. The van der Waals surface area contributed by atoms with Crippen LogP contribution in [0.3, 0.4) is 0 Å². The topological polar surface area (TPSA) is 80.4 Å². The van der Waals surface area contributed by atoms with E-state index in [4.69, 9.17) is 22.1 Å². The van der Waals surface area contributed by atoms with Crippen molar-refractivity contribution in [2.75, 3.05) is 31.3 Å². The smallest absolute Gasteiger partial charge is 0.151 e. The van der Waals surface area contributed by atoms with E-state index < -0.39 is 5.60 Å². The third kappa shape index (κ3) is 4.77. The maximum absolute atomic E-state index is 10.0. The minimum atomic E-state index is -0.882. The standard InChI is InChI=1S/C11H18ClN3O2/c1-11(16,5-6-17-2)7-14-10-8(13)3-4-9(12)15-10/h3-4,16H,5-7,13H2,1-2H3,(H,14,15). The summed E-state index contributed by atoms with van der Waals surface area (Å²) in [5.41, 5.74) is 5.34. The number of aliphatic hydroxyl groups is 1. The molecule has 1 atom stereocenters. The Labute approximate surface area is 106 Å². The lowest BCUT2D eigenvalue weighted by atomic mass is 10.0. The number of pyridine rings is 1. The molecule has 0 aliphatic heterocycles. The Balaban J connectivity index is 2.57. The van der Waals surface area contributed by atoms with E-state index >= 15 is 0 Å². The summed E-state index contributed by atoms with van der Waals surface area (Å²) in [4.78, 5) is 4.04. The number of nitrogen functional groups attached to an aromatic ring is 1. The molecule has 6 heteroatoms. The van der Waals surface area contributed by atoms with Crippen molar-refractivity contribution in [1.29, 1.82) is 0 Å². The normalized spacial score (nSPS) is 14.4. The fraction of sp³-hybridized carbons (Fsp3) is 0.545. The fourth-order valence-electron chi connectivity index (χ4n) is 1.27. The highest BCUT2D eigenvalue weighted by molar-refractivity contribution is 6.29. The van der Waals surface area contributed by atoms with Crippen LogP contribution in [-0.4, -0.2) is 36.0 Å². The summed E-state index contributed by atoms with van der Waals surface area (Å²) in [5, 5.41) is 13.4. The lowest BCUT2D eigenvalue weighted by Gasteiger charge is -2.23. The molecule has 0 amide bonds. The predicted molar refractivity (Wildman–Crippen MR) is 69.3 cm³/mol. The summed E-state index contributed by atoms with van der Waals surface area (Å²) in [6.07, 6.45) is 0.525. The maximum atomic E-state index is 10.0. The van der Waals surface area contributed by atoms with E-state index in [2.05, 4.69) is 10.3 Å². The van der Waals surface area contributed by atoms with E-state index in [1.165, 1.54) is 0 Å². The second-order valence-corrected chi connectivity index (χ2v) is 4.55. The van der Waals surface area contributed by atoms with E-state index in [1.807, 2.05) is 0 Å². The lowest BCUT2D eigenvalue weighted by Crippen LogP contribution is -2.35. The third-order valence-corrected chi connectivity index (χ3v) is 2.58. The van der Waals surface area contributed by atoms with Crippen LogP contribution in [0.5, 0.6) is 0 Å². The highest BCUT2D eigenvalue weighted by atomic mass is 35.5. The van der Waals surface area contributed by atoms with Gasteiger partial charge in [0.05, 0.1) is 11.3 Å². The van der Waals surface area contributed by atoms with E-state index in [-0.39, 0.29) is 0 Å². The number of methoxy groups -OCH3 is 1. The SMILES string of the molecule is COCCC(C)(O)CNc1nc(Cl)ccc1N. The van der Waals surface area contributed by atoms with Crippen molar-refractivity contribution in [2.24, 2.45) is 0 Å². The van der Waals surface area contributed by atoms with Crippen LogP contribution >= 0.6 is 11.6 Å². The molecule has 1 aromatic rings. The summed E-state index contributed by atoms with van der Waals surface area (Å²) >= 11 is 5.76. The Morgan fingerprint density at radius 1 is 1.59 bits per heavy atom. The average molecular weight is 260 g/mol. The number of aromatic nitrogens is 1. The van der Waals surface area contributed by atoms with Gasteiger partial charge in [0.25, 0.3) is 0 Å². The molecule has 4 N–H and O–H groups in total. The van der Waals surface area contributed by atoms with Crippen molar-refractivity contribution in [2.45, 2.75) is 18.9 Å². The summed E-state index contributed by atoms with van der Waals surface area (Å²) in [5.74, 6) is 0.482. The van der Waals surface area contributed by atoms with Crippen molar-refractivity contribution < 1.29 is 9.84 Å². The Morgan fingerprint density at radius 2 is 2.29 bits per heavy atom. The van der Waals surface area contributed by atoms with Gasteiger partial charge in [0.1, 0.15) is 5.15 Å². The van der Waals surface area contributed by atoms with Crippen molar-refractivity contribution in [3.05, 3.63) is 17.3 Å². The molecule has 1 heterocycles. The van der Waals surface area contributed by atoms with Crippen LogP contribution in [0, 0.1) is 0 Å². The van der Waals surface area contributed by atoms with E-state index in [1.54, 1.807) is 26.2 Å². The number of nitrogens with one attached hydrogen (secondary N) is 1. The van der Waals surface area contributed by atoms with E-state index in [0.717, 1.165) is 0 Å². The molecule has 1 unspecified atom stereocenters. The van der Waals surface area contributed by atoms with Crippen LogP contribution in [0.4, 0.5) is 11.5 Å². The largest absolute Gasteiger partial charge is 0.396 e. The van der Waals surface area contributed by atoms with Gasteiger partial charge in [-0.2, -0.15) is 0 Å². The van der Waals surface area contributed by atoms with Gasteiger partial charge in [0.15, 0.2) is 5.82 Å². The first kappa shape index (κ1) is 14.0. The first-order chi connectivity index (χ1) is 7.94. The Hall–Kier alpha value is -1.04. The number of nitrogens with zero attached hydrogens (tertiary/aromatic N) is 1. The average Bonchev–Trinajstić information content (AvgIpc) is 2.28. The molecule has 5 nitrogen and oxygen atoms in total. The summed E-state index contributed by atoms with van der Waals surface area (Å²) in [6, 6.07) is 3.28. The first-order valence-corrected chi connectivity index (χ1v) is 5.69. The highest BCUT2D eigenvalue weighted by Crippen LogP contribution is 2.19. The number of rotatable bonds is 6. The summed E-state index contributed by atoms with van der Waals surface area (Å²) in [7, 11) is 1.60. The highest BCUT2D eigenvalue weighted by Gasteiger charge is 2.20. The van der Waals surface area contributed by atoms with Crippen LogP contribution < -0.4 is 11.1 Å². The fourth-order valence-corrected chi connectivity index (χ4v) is 1.42. The van der Waals surface area contributed by atoms with Gasteiger partial charge in [-0.25, -0.2) is 4.98 Å². The molecule has 0 aliphatic carbocycles. The molecule has 0 spiro atoms. The van der Waals surface area contributed by atoms with Crippen LogP contribution in [0.1, 0.15) is 13.3 Å². The number of nitrogens with two attached hydrogens (primary N) is 1. The van der Waals surface area contributed by atoms with Gasteiger partial charge in [0.2, 0.25) is 0 Å². The number of hydrogen-bond acceptors (Lipinski definition) is 5. The van der Waals surface area contributed by atoms with Crippen LogP contribution in [0.15, 0.2) is 12.1 Å². The zero-order valence-corrected chi connectivity index (χ0v) is 10.8. The molecule has 17 heavy (non-hydrogen) atoms. The number of hydrogen-bond donors (Lipinski definition) is 3. The molecule has 1 aromatic heterocycles. The van der Waals surface area contributed by atoms with Gasteiger partial charge < -0.3 is 20.9 Å². The van der Waals surface area contributed by atoms with Gasteiger partial charge in [-0.1, -0.05) is 11.6 Å². The van der Waals surface area contributed by atoms with E-state index in [9.17, 15) is 5.11 Å². The Kier molecular flexibility index (Phi) is 4.99. The first-order valence-electron chi connectivity index (χ1n) is 5.32. The van der Waals surface area contributed by atoms with Crippen molar-refractivity contribution in [3.8, 4) is 0 Å². The minimum absolute atomic E-state index is 0.327. The molecule has 0 fully saturated rings. The van der Waals surface area contributed by atoms with Gasteiger partial charge in [-0.05, 0) is 19.1 Å². The van der Waals surface area contributed by atoms with Gasteiger partial charge in [-0.3, -0.25) is 0 Å². The summed E-state index contributed by atoms with van der Waals surface area (Å²) < 4.78 is 4.92. The van der Waals surface area contributed by atoms with Gasteiger partial charge >= 0.3 is 0 Å². The lowest BCUT2D eigenvalue weighted by molar-refractivity contribution is 0.0357. The second-order valence-electron chi connectivity index (χ2n) is 4.17. The molecule has 0 bridgehead atoms. The molecule has 0 radical (unpaired) electrons. The molecule has 0 saturated carbocycles. The van der Waals surface area contributed by atoms with Crippen LogP contribution in [0.2, 0.25) is 5.15 Å². The van der Waals surface area contributed by atoms with Gasteiger partial charge in [0, 0.05) is 26.7 Å². The zero-order chi connectivity index (χ0) is 12.9. The Morgan fingerprint density at radius 3 is 2.94 bits per heavy atom. The molecule has 96 valence electrons.